The molecule has 0 saturated carbocycles. The molecule has 0 aliphatic carbocycles. The monoisotopic (exact) mass is 629 g/mol. The van der Waals surface area contributed by atoms with Crippen LogP contribution in [0.15, 0.2) is 48.7 Å². The summed E-state index contributed by atoms with van der Waals surface area (Å²) in [6.07, 6.45) is 5.54. The van der Waals surface area contributed by atoms with Gasteiger partial charge in [0, 0.05) is 55.5 Å². The van der Waals surface area contributed by atoms with Crippen molar-refractivity contribution in [3.05, 3.63) is 75.1 Å². The number of methoxy groups -OCH3 is 2. The van der Waals surface area contributed by atoms with Crippen LogP contribution in [0.1, 0.15) is 36.5 Å². The molecule has 0 unspecified atom stereocenters. The zero-order valence-electron chi connectivity index (χ0n) is 19.4. The van der Waals surface area contributed by atoms with Crippen molar-refractivity contribution in [2.75, 3.05) is 20.8 Å². The summed E-state index contributed by atoms with van der Waals surface area (Å²) >= 11 is 2.40. The number of hydrogen-bond donors (Lipinski definition) is 0. The van der Waals surface area contributed by atoms with E-state index in [1.54, 1.807) is 20.4 Å². The molecule has 169 valence electrons. The molecule has 0 spiro atoms. The third-order valence-electron chi connectivity index (χ3n) is 5.62. The van der Waals surface area contributed by atoms with Gasteiger partial charge in [-0.05, 0) is 52.1 Å². The fourth-order valence-electron chi connectivity index (χ4n) is 3.88. The average molecular weight is 629 g/mol. The Kier molecular flexibility index (Phi) is 9.45. The summed E-state index contributed by atoms with van der Waals surface area (Å²) in [5, 5.41) is 0. The summed E-state index contributed by atoms with van der Waals surface area (Å²) in [7, 11) is 3.44. The SMILES string of the molecule is COCCn1c(-c2ccc(C(C)C)cc2)nc2c(I)c(Cc3[c-]nccc3)cc(OC)c21.[Y]. The predicted molar refractivity (Wildman–Crippen MR) is 136 cm³/mol. The van der Waals surface area contributed by atoms with Gasteiger partial charge in [-0.25, -0.2) is 4.98 Å². The quantitative estimate of drug-likeness (QED) is 0.181. The van der Waals surface area contributed by atoms with Crippen LogP contribution >= 0.6 is 22.6 Å². The molecule has 0 fully saturated rings. The first kappa shape index (κ1) is 26.3. The smallest absolute Gasteiger partial charge is 0.145 e. The van der Waals surface area contributed by atoms with Crippen molar-refractivity contribution in [1.29, 1.82) is 0 Å². The van der Waals surface area contributed by atoms with Gasteiger partial charge in [-0.1, -0.05) is 50.5 Å². The van der Waals surface area contributed by atoms with Crippen molar-refractivity contribution in [3.8, 4) is 17.1 Å². The van der Waals surface area contributed by atoms with E-state index >= 15 is 0 Å². The second-order valence-corrected chi connectivity index (χ2v) is 9.14. The van der Waals surface area contributed by atoms with Gasteiger partial charge in [0.2, 0.25) is 0 Å². The molecule has 0 atom stereocenters. The Bertz CT molecular complexity index is 1210. The minimum atomic E-state index is 0. The molecule has 0 aliphatic heterocycles. The molecule has 1 radical (unpaired) electrons. The fraction of sp³-hybridized carbons (Fsp3) is 0.308. The van der Waals surface area contributed by atoms with E-state index < -0.39 is 0 Å². The molecule has 0 saturated heterocycles. The number of fused-ring (bicyclic) bond motifs is 1. The van der Waals surface area contributed by atoms with E-state index in [0.29, 0.717) is 19.1 Å². The van der Waals surface area contributed by atoms with E-state index in [4.69, 9.17) is 14.5 Å². The molecule has 2 heterocycles. The normalized spacial score (nSPS) is 11.1. The maximum absolute atomic E-state index is 5.85. The predicted octanol–water partition coefficient (Wildman–Crippen LogP) is 5.87. The third kappa shape index (κ3) is 5.67. The topological polar surface area (TPSA) is 49.2 Å². The Hall–Kier alpha value is -1.35. The van der Waals surface area contributed by atoms with Gasteiger partial charge in [-0.3, -0.25) is 0 Å². The van der Waals surface area contributed by atoms with Gasteiger partial charge in [0.05, 0.1) is 13.7 Å². The molecule has 0 amide bonds. The maximum Gasteiger partial charge on any atom is 0.145 e. The van der Waals surface area contributed by atoms with E-state index in [9.17, 15) is 0 Å². The van der Waals surface area contributed by atoms with Crippen LogP contribution < -0.4 is 4.74 Å². The van der Waals surface area contributed by atoms with Gasteiger partial charge in [0.15, 0.2) is 0 Å². The van der Waals surface area contributed by atoms with Crippen molar-refractivity contribution < 1.29 is 42.2 Å². The first-order valence-corrected chi connectivity index (χ1v) is 11.8. The zero-order chi connectivity index (χ0) is 22.7. The van der Waals surface area contributed by atoms with Crippen LogP contribution in [0, 0.1) is 9.77 Å². The van der Waals surface area contributed by atoms with Gasteiger partial charge in [0.25, 0.3) is 0 Å². The third-order valence-corrected chi connectivity index (χ3v) is 6.82. The van der Waals surface area contributed by atoms with Crippen LogP contribution in [0.2, 0.25) is 0 Å². The summed E-state index contributed by atoms with van der Waals surface area (Å²) in [6.45, 7) is 5.69. The summed E-state index contributed by atoms with van der Waals surface area (Å²) < 4.78 is 14.6. The van der Waals surface area contributed by atoms with Crippen molar-refractivity contribution in [2.24, 2.45) is 0 Å². The summed E-state index contributed by atoms with van der Waals surface area (Å²) in [5.41, 5.74) is 6.53. The maximum atomic E-state index is 5.85. The molecule has 4 rings (SSSR count). The van der Waals surface area contributed by atoms with E-state index in [1.807, 2.05) is 12.1 Å². The van der Waals surface area contributed by atoms with Gasteiger partial charge in [-0.15, -0.1) is 5.56 Å². The van der Waals surface area contributed by atoms with Crippen LogP contribution in [-0.4, -0.2) is 35.4 Å². The Morgan fingerprint density at radius 3 is 2.48 bits per heavy atom. The fourth-order valence-corrected chi connectivity index (χ4v) is 4.61. The minimum Gasteiger partial charge on any atom is -0.494 e. The Balaban J connectivity index is 0.00000306. The second-order valence-electron chi connectivity index (χ2n) is 8.06. The second kappa shape index (κ2) is 11.9. The molecule has 2 aromatic carbocycles. The van der Waals surface area contributed by atoms with Crippen LogP contribution in [0.5, 0.6) is 5.75 Å². The van der Waals surface area contributed by atoms with Gasteiger partial charge in [-0.2, -0.15) is 12.1 Å². The number of halogens is 1. The molecule has 7 heteroatoms. The Morgan fingerprint density at radius 2 is 1.88 bits per heavy atom. The molecule has 4 aromatic rings. The van der Waals surface area contributed by atoms with Crippen molar-refractivity contribution >= 4 is 33.6 Å². The van der Waals surface area contributed by atoms with Gasteiger partial charge in [0.1, 0.15) is 22.6 Å². The van der Waals surface area contributed by atoms with Crippen molar-refractivity contribution in [1.82, 2.24) is 14.5 Å². The molecule has 0 N–H and O–H groups in total. The molecule has 2 aromatic heterocycles. The van der Waals surface area contributed by atoms with Crippen LogP contribution in [0.3, 0.4) is 0 Å². The number of nitrogens with zero attached hydrogens (tertiary/aromatic N) is 3. The molecular weight excluding hydrogens is 602 g/mol. The number of ether oxygens (including phenoxy) is 2. The Labute approximate surface area is 234 Å². The van der Waals surface area contributed by atoms with E-state index in [-0.39, 0.29) is 32.7 Å². The standard InChI is InChI=1S/C26H27IN3O2.Y/c1-17(2)19-7-9-20(10-8-19)26-29-24-23(27)21(14-18-6-5-11-28-16-18)15-22(32-4)25(24)30(26)12-13-31-3;/h5-11,15,17H,12-14H2,1-4H3;/q-1;. The van der Waals surface area contributed by atoms with Crippen LogP contribution in [0.4, 0.5) is 0 Å². The first-order chi connectivity index (χ1) is 15.5. The van der Waals surface area contributed by atoms with Crippen LogP contribution in [0.25, 0.3) is 22.4 Å². The van der Waals surface area contributed by atoms with Gasteiger partial charge >= 0.3 is 0 Å². The summed E-state index contributed by atoms with van der Waals surface area (Å²) in [6, 6.07) is 14.8. The molecule has 5 nitrogen and oxygen atoms in total. The summed E-state index contributed by atoms with van der Waals surface area (Å²) in [4.78, 5) is 9.25. The molecule has 33 heavy (non-hydrogen) atoms. The molecule has 0 aliphatic rings. The van der Waals surface area contributed by atoms with E-state index in [2.05, 4.69) is 82.5 Å². The van der Waals surface area contributed by atoms with Crippen molar-refractivity contribution in [3.63, 3.8) is 0 Å². The zero-order valence-corrected chi connectivity index (χ0v) is 24.4. The number of rotatable bonds is 8. The number of imidazole rings is 1. The number of aromatic nitrogens is 3. The molecular formula is C26H27IN3O2Y-. The van der Waals surface area contributed by atoms with E-state index in [0.717, 1.165) is 49.3 Å². The summed E-state index contributed by atoms with van der Waals surface area (Å²) in [5.74, 6) is 2.23. The minimum absolute atomic E-state index is 0. The number of hydrogen-bond acceptors (Lipinski definition) is 4. The molecule has 0 bridgehead atoms. The average Bonchev–Trinajstić information content (AvgIpc) is 3.20. The van der Waals surface area contributed by atoms with E-state index in [1.165, 1.54) is 5.56 Å². The van der Waals surface area contributed by atoms with Crippen LogP contribution in [-0.2, 0) is 50.4 Å². The first-order valence-electron chi connectivity index (χ1n) is 10.7. The van der Waals surface area contributed by atoms with Crippen molar-refractivity contribution in [2.45, 2.75) is 32.7 Å². The van der Waals surface area contributed by atoms with Gasteiger partial charge < -0.3 is 19.0 Å². The number of pyridine rings is 1. The number of benzene rings is 2. The Morgan fingerprint density at radius 1 is 1.12 bits per heavy atom. The largest absolute Gasteiger partial charge is 0.494 e.